The van der Waals surface area contributed by atoms with Crippen LogP contribution in [0, 0.1) is 34.8 Å². The number of aromatic nitrogens is 2. The highest BCUT2D eigenvalue weighted by Gasteiger charge is 2.51. The first-order valence-electron chi connectivity index (χ1n) is 10.2. The third-order valence-electron chi connectivity index (χ3n) is 6.87. The summed E-state index contributed by atoms with van der Waals surface area (Å²) < 4.78 is 0. The fourth-order valence-corrected chi connectivity index (χ4v) is 6.37. The minimum absolute atomic E-state index is 0.0681. The first kappa shape index (κ1) is 18.6. The number of rotatable bonds is 5. The van der Waals surface area contributed by atoms with E-state index in [1.807, 2.05) is 13.0 Å². The smallest absolute Gasteiger partial charge is 0.353 e. The summed E-state index contributed by atoms with van der Waals surface area (Å²) >= 11 is 6.03. The van der Waals surface area contributed by atoms with E-state index in [-0.39, 0.29) is 17.0 Å². The van der Waals surface area contributed by atoms with Crippen LogP contribution >= 0.6 is 11.6 Å². The first-order valence-corrected chi connectivity index (χ1v) is 10.6. The Morgan fingerprint density at radius 2 is 1.72 bits per heavy atom. The molecule has 8 heteroatoms. The van der Waals surface area contributed by atoms with Crippen LogP contribution in [0.3, 0.4) is 0 Å². The van der Waals surface area contributed by atoms with Gasteiger partial charge in [0.15, 0.2) is 0 Å². The van der Waals surface area contributed by atoms with Crippen LogP contribution in [0.4, 0.5) is 23.0 Å². The maximum atomic E-state index is 12.0. The number of nitro groups is 1. The molecule has 1 aromatic carbocycles. The Morgan fingerprint density at radius 3 is 2.31 bits per heavy atom. The lowest BCUT2D eigenvalue weighted by Crippen LogP contribution is -2.55. The number of anilines is 3. The largest absolute Gasteiger partial charge is 0.359 e. The molecular weight excluding hydrogens is 390 g/mol. The maximum absolute atomic E-state index is 12.0. The molecule has 0 spiro atoms. The van der Waals surface area contributed by atoms with E-state index in [0.717, 1.165) is 48.3 Å². The minimum atomic E-state index is -0.392. The quantitative estimate of drug-likeness (QED) is 0.498. The zero-order chi connectivity index (χ0) is 20.2. The van der Waals surface area contributed by atoms with Gasteiger partial charge < -0.3 is 10.6 Å². The van der Waals surface area contributed by atoms with Crippen molar-refractivity contribution in [2.75, 3.05) is 10.6 Å². The highest BCUT2D eigenvalue weighted by atomic mass is 35.5. The number of hydrogen-bond donors (Lipinski definition) is 2. The third kappa shape index (κ3) is 3.41. The van der Waals surface area contributed by atoms with Crippen molar-refractivity contribution in [3.05, 3.63) is 45.2 Å². The standard InChI is InChI=1S/C21H24ClN5O2/c1-12-4-16(22)2-3-17(12)25-19-18(27(28)29)20(24-11-23-19)26-21-8-13-5-14(9-21)7-15(6-13)10-21/h2-4,11,13-15H,5-10H2,1H3,(H2,23,24,25,26). The fraction of sp³-hybridized carbons (Fsp3) is 0.524. The lowest BCUT2D eigenvalue weighted by Gasteiger charge is -2.57. The van der Waals surface area contributed by atoms with Gasteiger partial charge in [-0.2, -0.15) is 0 Å². The Hall–Kier alpha value is -2.41. The molecular formula is C21H24ClN5O2. The van der Waals surface area contributed by atoms with Gasteiger partial charge in [0.2, 0.25) is 11.6 Å². The van der Waals surface area contributed by atoms with Gasteiger partial charge in [-0.05, 0) is 87.0 Å². The molecule has 7 nitrogen and oxygen atoms in total. The van der Waals surface area contributed by atoms with Gasteiger partial charge in [-0.1, -0.05) is 11.6 Å². The molecule has 29 heavy (non-hydrogen) atoms. The molecule has 4 aliphatic rings. The number of aryl methyl sites for hydroxylation is 1. The van der Waals surface area contributed by atoms with Gasteiger partial charge in [-0.3, -0.25) is 10.1 Å². The van der Waals surface area contributed by atoms with Crippen LogP contribution in [0.5, 0.6) is 0 Å². The summed E-state index contributed by atoms with van der Waals surface area (Å²) in [6.45, 7) is 1.90. The summed E-state index contributed by atoms with van der Waals surface area (Å²) in [6, 6.07) is 5.36. The SMILES string of the molecule is Cc1cc(Cl)ccc1Nc1ncnc(NC23CC4CC(CC(C4)C2)C3)c1[N+](=O)[O-]. The minimum Gasteiger partial charge on any atom is -0.359 e. The maximum Gasteiger partial charge on any atom is 0.353 e. The molecule has 1 heterocycles. The van der Waals surface area contributed by atoms with Gasteiger partial charge in [0.05, 0.1) is 4.92 Å². The highest BCUT2D eigenvalue weighted by molar-refractivity contribution is 6.30. The average molecular weight is 414 g/mol. The van der Waals surface area contributed by atoms with E-state index in [4.69, 9.17) is 11.6 Å². The predicted octanol–water partition coefficient (Wildman–Crippen LogP) is 5.47. The topological polar surface area (TPSA) is 93.0 Å². The Morgan fingerprint density at radius 1 is 1.10 bits per heavy atom. The van der Waals surface area contributed by atoms with Gasteiger partial charge in [0.1, 0.15) is 6.33 Å². The van der Waals surface area contributed by atoms with E-state index < -0.39 is 4.92 Å². The van der Waals surface area contributed by atoms with Crippen molar-refractivity contribution >= 4 is 34.6 Å². The van der Waals surface area contributed by atoms with Crippen molar-refractivity contribution < 1.29 is 4.92 Å². The zero-order valence-corrected chi connectivity index (χ0v) is 17.1. The second-order valence-electron chi connectivity index (χ2n) is 9.08. The molecule has 2 aromatic rings. The average Bonchev–Trinajstić information content (AvgIpc) is 2.62. The van der Waals surface area contributed by atoms with Crippen LogP contribution in [-0.4, -0.2) is 20.4 Å². The Labute approximate surface area is 174 Å². The van der Waals surface area contributed by atoms with E-state index in [2.05, 4.69) is 20.6 Å². The molecule has 0 atom stereocenters. The second kappa shape index (κ2) is 6.83. The van der Waals surface area contributed by atoms with E-state index in [0.29, 0.717) is 10.8 Å². The fourth-order valence-electron chi connectivity index (χ4n) is 6.14. The molecule has 2 N–H and O–H groups in total. The monoisotopic (exact) mass is 413 g/mol. The van der Waals surface area contributed by atoms with Crippen LogP contribution in [0.1, 0.15) is 44.1 Å². The Kier molecular flexibility index (Phi) is 4.38. The summed E-state index contributed by atoms with van der Waals surface area (Å²) in [6.07, 6.45) is 8.58. The molecule has 4 aliphatic carbocycles. The van der Waals surface area contributed by atoms with Crippen molar-refractivity contribution in [2.45, 2.75) is 51.0 Å². The summed E-state index contributed by atoms with van der Waals surface area (Å²) in [5.41, 5.74) is 1.46. The van der Waals surface area contributed by atoms with Gasteiger partial charge >= 0.3 is 5.69 Å². The molecule has 0 aliphatic heterocycles. The molecule has 0 saturated heterocycles. The molecule has 0 unspecified atom stereocenters. The number of nitrogens with one attached hydrogen (secondary N) is 2. The lowest BCUT2D eigenvalue weighted by atomic mass is 9.53. The summed E-state index contributed by atoms with van der Waals surface area (Å²) in [4.78, 5) is 20.1. The predicted molar refractivity (Wildman–Crippen MR) is 113 cm³/mol. The molecule has 6 rings (SSSR count). The summed E-state index contributed by atoms with van der Waals surface area (Å²) in [5, 5.41) is 19.2. The van der Waals surface area contributed by atoms with Gasteiger partial charge in [0, 0.05) is 16.2 Å². The van der Waals surface area contributed by atoms with Crippen LogP contribution in [-0.2, 0) is 0 Å². The number of halogens is 1. The summed E-state index contributed by atoms with van der Waals surface area (Å²) in [7, 11) is 0. The van der Waals surface area contributed by atoms with Crippen molar-refractivity contribution in [1.29, 1.82) is 0 Å². The number of hydrogen-bond acceptors (Lipinski definition) is 6. The van der Waals surface area contributed by atoms with Crippen LogP contribution < -0.4 is 10.6 Å². The molecule has 0 radical (unpaired) electrons. The lowest BCUT2D eigenvalue weighted by molar-refractivity contribution is -0.383. The molecule has 4 saturated carbocycles. The molecule has 152 valence electrons. The first-order chi connectivity index (χ1) is 13.9. The van der Waals surface area contributed by atoms with Crippen molar-refractivity contribution in [2.24, 2.45) is 17.8 Å². The highest BCUT2D eigenvalue weighted by Crippen LogP contribution is 2.57. The van der Waals surface area contributed by atoms with Gasteiger partial charge in [0.25, 0.3) is 0 Å². The molecule has 0 amide bonds. The Balaban J connectivity index is 1.48. The normalized spacial score (nSPS) is 29.7. The number of nitrogens with zero attached hydrogens (tertiary/aromatic N) is 3. The van der Waals surface area contributed by atoms with E-state index in [1.165, 1.54) is 25.6 Å². The van der Waals surface area contributed by atoms with Crippen LogP contribution in [0.25, 0.3) is 0 Å². The molecule has 4 bridgehead atoms. The van der Waals surface area contributed by atoms with Crippen molar-refractivity contribution in [1.82, 2.24) is 9.97 Å². The van der Waals surface area contributed by atoms with Gasteiger partial charge in [-0.15, -0.1) is 0 Å². The zero-order valence-electron chi connectivity index (χ0n) is 16.3. The van der Waals surface area contributed by atoms with E-state index in [1.54, 1.807) is 12.1 Å². The van der Waals surface area contributed by atoms with Crippen molar-refractivity contribution in [3.63, 3.8) is 0 Å². The van der Waals surface area contributed by atoms with E-state index >= 15 is 0 Å². The van der Waals surface area contributed by atoms with Crippen LogP contribution in [0.2, 0.25) is 5.02 Å². The van der Waals surface area contributed by atoms with Crippen molar-refractivity contribution in [3.8, 4) is 0 Å². The third-order valence-corrected chi connectivity index (χ3v) is 7.10. The second-order valence-corrected chi connectivity index (χ2v) is 9.52. The number of benzene rings is 1. The summed E-state index contributed by atoms with van der Waals surface area (Å²) in [5.74, 6) is 2.74. The van der Waals surface area contributed by atoms with E-state index in [9.17, 15) is 10.1 Å². The Bertz CT molecular complexity index is 944. The molecule has 4 fully saturated rings. The van der Waals surface area contributed by atoms with Gasteiger partial charge in [-0.25, -0.2) is 9.97 Å². The molecule has 1 aromatic heterocycles. The van der Waals surface area contributed by atoms with Crippen LogP contribution in [0.15, 0.2) is 24.5 Å².